The number of likely N-dealkylation sites (tertiary alicyclic amines) is 2. The molecular weight excluding hydrogens is 544 g/mol. The smallest absolute Gasteiger partial charge is 0.410 e. The van der Waals surface area contributed by atoms with Gasteiger partial charge in [-0.25, -0.2) is 23.2 Å². The van der Waals surface area contributed by atoms with E-state index in [2.05, 4.69) is 39.2 Å². The van der Waals surface area contributed by atoms with Gasteiger partial charge in [0.15, 0.2) is 9.84 Å². The number of piperidine rings is 1. The molecule has 12 heteroatoms. The van der Waals surface area contributed by atoms with Crippen LogP contribution in [0.15, 0.2) is 18.5 Å². The van der Waals surface area contributed by atoms with Crippen LogP contribution >= 0.6 is 0 Å². The fraction of sp³-hybridized carbons (Fsp3) is 0.621. The molecule has 0 atom stereocenters. The van der Waals surface area contributed by atoms with Crippen LogP contribution in [0, 0.1) is 6.92 Å². The summed E-state index contributed by atoms with van der Waals surface area (Å²) in [5.41, 5.74) is 3.62. The molecule has 0 radical (unpaired) electrons. The fourth-order valence-electron chi connectivity index (χ4n) is 6.20. The second kappa shape index (κ2) is 10.6. The van der Waals surface area contributed by atoms with Crippen LogP contribution in [0.1, 0.15) is 56.2 Å². The van der Waals surface area contributed by atoms with Gasteiger partial charge in [0, 0.05) is 51.2 Å². The van der Waals surface area contributed by atoms with E-state index in [9.17, 15) is 13.2 Å². The Bertz CT molecular complexity index is 1410. The number of amides is 1. The summed E-state index contributed by atoms with van der Waals surface area (Å²) in [5, 5.41) is 3.51. The summed E-state index contributed by atoms with van der Waals surface area (Å²) in [6.07, 6.45) is 3.25. The van der Waals surface area contributed by atoms with Crippen molar-refractivity contribution in [2.75, 3.05) is 61.0 Å². The van der Waals surface area contributed by atoms with Gasteiger partial charge < -0.3 is 24.6 Å². The van der Waals surface area contributed by atoms with Crippen molar-refractivity contribution in [3.63, 3.8) is 0 Å². The molecular formula is C29H40N6O5S. The first-order valence-corrected chi connectivity index (χ1v) is 16.3. The summed E-state index contributed by atoms with van der Waals surface area (Å²) in [6.45, 7) is 12.4. The first-order chi connectivity index (χ1) is 19.5. The number of rotatable bonds is 3. The van der Waals surface area contributed by atoms with Gasteiger partial charge >= 0.3 is 6.09 Å². The van der Waals surface area contributed by atoms with E-state index in [1.165, 1.54) is 11.9 Å². The number of carbonyl (C=O) groups is 1. The summed E-state index contributed by atoms with van der Waals surface area (Å²) in [5.74, 6) is 2.93. The van der Waals surface area contributed by atoms with Crippen molar-refractivity contribution >= 4 is 33.3 Å². The van der Waals surface area contributed by atoms with E-state index >= 15 is 0 Å². The first kappa shape index (κ1) is 28.0. The molecule has 1 N–H and O–H groups in total. The summed E-state index contributed by atoms with van der Waals surface area (Å²) < 4.78 is 35.7. The zero-order valence-corrected chi connectivity index (χ0v) is 25.2. The van der Waals surface area contributed by atoms with Crippen LogP contribution in [-0.4, -0.2) is 96.7 Å². The summed E-state index contributed by atoms with van der Waals surface area (Å²) >= 11 is 0. The average molecular weight is 585 g/mol. The maximum absolute atomic E-state index is 12.4. The van der Waals surface area contributed by atoms with E-state index in [1.807, 2.05) is 30.6 Å². The number of carbonyl (C=O) groups excluding carboxylic acids is 1. The molecule has 5 heterocycles. The topological polar surface area (TPSA) is 117 Å². The van der Waals surface area contributed by atoms with E-state index in [4.69, 9.17) is 9.47 Å². The molecule has 4 aliphatic heterocycles. The Hall–Kier alpha value is -3.12. The Labute approximate surface area is 242 Å². The van der Waals surface area contributed by atoms with Gasteiger partial charge in [-0.1, -0.05) is 6.07 Å². The minimum Gasteiger partial charge on any atom is -0.486 e. The Balaban J connectivity index is 1.10. The summed E-state index contributed by atoms with van der Waals surface area (Å²) in [7, 11) is -2.99. The lowest BCUT2D eigenvalue weighted by Crippen LogP contribution is -2.55. The number of aryl methyl sites for hydroxylation is 1. The molecule has 6 rings (SSSR count). The normalized spacial score (nSPS) is 21.6. The van der Waals surface area contributed by atoms with Gasteiger partial charge in [0.2, 0.25) is 0 Å². The second-order valence-corrected chi connectivity index (χ2v) is 14.9. The number of aromatic nitrogens is 2. The molecule has 11 nitrogen and oxygen atoms in total. The van der Waals surface area contributed by atoms with Gasteiger partial charge in [0.1, 0.15) is 35.9 Å². The molecule has 1 aromatic carbocycles. The molecule has 222 valence electrons. The van der Waals surface area contributed by atoms with Crippen molar-refractivity contribution in [2.24, 2.45) is 0 Å². The monoisotopic (exact) mass is 584 g/mol. The standard InChI is InChI=1S/C29H40N6O5S/c1-19-13-20(21-15-35(16-21)22-5-7-34(8-6-22)28(36)40-29(2,3)4)14-24-25(19)39-17-23-26(32-24)30-18-31-27(23)33-9-11-41(37,38)12-10-33/h13-14,18,21-22H,5-12,15-17H2,1-4H3,(H,30,31,32). The lowest BCUT2D eigenvalue weighted by atomic mass is 9.87. The number of nitrogens with one attached hydrogen (secondary N) is 1. The highest BCUT2D eigenvalue weighted by Crippen LogP contribution is 2.42. The molecule has 1 aromatic heterocycles. The van der Waals surface area contributed by atoms with Crippen LogP contribution in [-0.2, 0) is 21.2 Å². The fourth-order valence-corrected chi connectivity index (χ4v) is 7.40. The van der Waals surface area contributed by atoms with E-state index in [0.29, 0.717) is 37.5 Å². The first-order valence-electron chi connectivity index (χ1n) is 14.5. The molecule has 2 aromatic rings. The minimum absolute atomic E-state index is 0.129. The Morgan fingerprint density at radius 3 is 2.46 bits per heavy atom. The number of anilines is 3. The third kappa shape index (κ3) is 5.94. The predicted molar refractivity (Wildman–Crippen MR) is 157 cm³/mol. The Kier molecular flexibility index (Phi) is 7.25. The Morgan fingerprint density at radius 2 is 1.78 bits per heavy atom. The number of hydrogen-bond donors (Lipinski definition) is 1. The predicted octanol–water partition coefficient (Wildman–Crippen LogP) is 3.45. The van der Waals surface area contributed by atoms with E-state index < -0.39 is 15.4 Å². The molecule has 0 spiro atoms. The Morgan fingerprint density at radius 1 is 1.07 bits per heavy atom. The second-order valence-electron chi connectivity index (χ2n) is 12.6. The molecule has 0 unspecified atom stereocenters. The molecule has 4 aliphatic rings. The highest BCUT2D eigenvalue weighted by Gasteiger charge is 2.37. The molecule has 0 saturated carbocycles. The van der Waals surface area contributed by atoms with E-state index in [-0.39, 0.29) is 17.6 Å². The van der Waals surface area contributed by atoms with Crippen molar-refractivity contribution in [3.8, 4) is 5.75 Å². The third-order valence-electron chi connectivity index (χ3n) is 8.49. The number of hydrogen-bond acceptors (Lipinski definition) is 10. The van der Waals surface area contributed by atoms with Gasteiger partial charge in [-0.15, -0.1) is 0 Å². The lowest BCUT2D eigenvalue weighted by molar-refractivity contribution is 0.00590. The van der Waals surface area contributed by atoms with Crippen LogP contribution in [0.2, 0.25) is 0 Å². The van der Waals surface area contributed by atoms with Crippen LogP contribution in [0.4, 0.5) is 22.1 Å². The zero-order chi connectivity index (χ0) is 28.9. The van der Waals surface area contributed by atoms with Crippen LogP contribution in [0.3, 0.4) is 0 Å². The highest BCUT2D eigenvalue weighted by molar-refractivity contribution is 7.91. The number of sulfone groups is 1. The highest BCUT2D eigenvalue weighted by atomic mass is 32.2. The van der Waals surface area contributed by atoms with E-state index in [0.717, 1.165) is 67.4 Å². The van der Waals surface area contributed by atoms with Gasteiger partial charge in [0.25, 0.3) is 0 Å². The SMILES string of the molecule is Cc1cc(C2CN(C3CCN(C(=O)OC(C)(C)C)CC3)C2)cc2c1OCc1c(ncnc1N1CCS(=O)(=O)CC1)N2. The van der Waals surface area contributed by atoms with Gasteiger partial charge in [-0.3, -0.25) is 4.90 Å². The quantitative estimate of drug-likeness (QED) is 0.575. The molecule has 41 heavy (non-hydrogen) atoms. The van der Waals surface area contributed by atoms with E-state index in [1.54, 1.807) is 0 Å². The molecule has 3 fully saturated rings. The van der Waals surface area contributed by atoms with Gasteiger partial charge in [0.05, 0.1) is 22.8 Å². The van der Waals surface area contributed by atoms with Crippen molar-refractivity contribution in [1.29, 1.82) is 0 Å². The molecule has 1 amide bonds. The lowest BCUT2D eigenvalue weighted by Gasteiger charge is -2.47. The largest absolute Gasteiger partial charge is 0.486 e. The maximum Gasteiger partial charge on any atom is 0.410 e. The summed E-state index contributed by atoms with van der Waals surface area (Å²) in [4.78, 5) is 27.8. The van der Waals surface area contributed by atoms with Crippen LogP contribution < -0.4 is 15.0 Å². The van der Waals surface area contributed by atoms with Crippen molar-refractivity contribution in [2.45, 2.75) is 64.7 Å². The zero-order valence-electron chi connectivity index (χ0n) is 24.4. The minimum atomic E-state index is -2.99. The average Bonchev–Trinajstić information content (AvgIpc) is 3.07. The number of nitrogens with zero attached hydrogens (tertiary/aromatic N) is 5. The molecule has 3 saturated heterocycles. The molecule has 0 aliphatic carbocycles. The number of ether oxygens (including phenoxy) is 2. The van der Waals surface area contributed by atoms with Gasteiger partial charge in [-0.05, 0) is 57.7 Å². The molecule has 0 bridgehead atoms. The third-order valence-corrected chi connectivity index (χ3v) is 10.1. The maximum atomic E-state index is 12.4. The summed E-state index contributed by atoms with van der Waals surface area (Å²) in [6, 6.07) is 4.89. The van der Waals surface area contributed by atoms with Gasteiger partial charge in [-0.2, -0.15) is 0 Å². The van der Waals surface area contributed by atoms with Crippen molar-refractivity contribution in [3.05, 3.63) is 35.2 Å². The van der Waals surface area contributed by atoms with Crippen molar-refractivity contribution in [1.82, 2.24) is 19.8 Å². The van der Waals surface area contributed by atoms with Crippen molar-refractivity contribution < 1.29 is 22.7 Å². The van der Waals surface area contributed by atoms with Crippen LogP contribution in [0.5, 0.6) is 5.75 Å². The number of fused-ring (bicyclic) bond motifs is 2. The van der Waals surface area contributed by atoms with Crippen LogP contribution in [0.25, 0.3) is 0 Å². The number of benzene rings is 1.